The van der Waals surface area contributed by atoms with Crippen LogP contribution in [0.25, 0.3) is 0 Å². The Morgan fingerprint density at radius 3 is 2.00 bits per heavy atom. The van der Waals surface area contributed by atoms with E-state index in [-0.39, 0.29) is 5.71 Å². The molecule has 5 heteroatoms. The maximum absolute atomic E-state index is 12.0. The highest BCUT2D eigenvalue weighted by Gasteiger charge is 2.14. The first-order valence-corrected chi connectivity index (χ1v) is 10.9. The third kappa shape index (κ3) is 11.4. The lowest BCUT2D eigenvalue weighted by atomic mass is 10.0. The summed E-state index contributed by atoms with van der Waals surface area (Å²) in [5.41, 5.74) is 13.7. The van der Waals surface area contributed by atoms with E-state index in [2.05, 4.69) is 26.1 Å². The highest BCUT2D eigenvalue weighted by atomic mass is 16.1. The maximum atomic E-state index is 12.0. The predicted molar refractivity (Wildman–Crippen MR) is 130 cm³/mol. The van der Waals surface area contributed by atoms with Gasteiger partial charge in [-0.15, -0.1) is 0 Å². The van der Waals surface area contributed by atoms with Crippen LogP contribution in [0.2, 0.25) is 0 Å². The molecule has 166 valence electrons. The number of anilines is 1. The van der Waals surface area contributed by atoms with E-state index in [4.69, 9.17) is 16.9 Å². The normalized spacial score (nSPS) is 9.50. The van der Waals surface area contributed by atoms with E-state index < -0.39 is 5.91 Å². The van der Waals surface area contributed by atoms with Crippen molar-refractivity contribution < 1.29 is 4.79 Å². The lowest BCUT2D eigenvalue weighted by Crippen LogP contribution is -2.31. The van der Waals surface area contributed by atoms with E-state index >= 15 is 0 Å². The first-order chi connectivity index (χ1) is 14.4. The van der Waals surface area contributed by atoms with Crippen molar-refractivity contribution in [3.8, 4) is 0 Å². The molecule has 6 N–H and O–H groups in total. The van der Waals surface area contributed by atoms with Crippen LogP contribution in [0.3, 0.4) is 0 Å². The van der Waals surface area contributed by atoms with E-state index in [1.165, 1.54) is 25.7 Å². The fraction of sp³-hybridized carbons (Fsp3) is 0.440. The monoisotopic (exact) mass is 412 g/mol. The molecule has 2 rings (SSSR count). The SMILES string of the molecule is CCCCCC.CCCN.Cc1c(N)cccc1C(=N)C(=O)NCc1ccccc1. The van der Waals surface area contributed by atoms with E-state index in [1.807, 2.05) is 37.3 Å². The molecule has 0 saturated carbocycles. The van der Waals surface area contributed by atoms with Crippen molar-refractivity contribution in [3.05, 3.63) is 65.2 Å². The molecule has 0 spiro atoms. The number of nitrogen functional groups attached to an aromatic ring is 1. The van der Waals surface area contributed by atoms with Gasteiger partial charge in [0.2, 0.25) is 0 Å². The van der Waals surface area contributed by atoms with Gasteiger partial charge in [-0.25, -0.2) is 0 Å². The van der Waals surface area contributed by atoms with Gasteiger partial charge in [0.25, 0.3) is 5.91 Å². The molecule has 0 unspecified atom stereocenters. The van der Waals surface area contributed by atoms with Gasteiger partial charge in [-0.1, -0.05) is 88.9 Å². The second kappa shape index (κ2) is 17.2. The van der Waals surface area contributed by atoms with Crippen LogP contribution >= 0.6 is 0 Å². The van der Waals surface area contributed by atoms with Gasteiger partial charge < -0.3 is 16.8 Å². The molecule has 2 aromatic carbocycles. The number of carbonyl (C=O) groups is 1. The van der Waals surface area contributed by atoms with E-state index in [0.29, 0.717) is 17.8 Å². The Morgan fingerprint density at radius 1 is 0.933 bits per heavy atom. The summed E-state index contributed by atoms with van der Waals surface area (Å²) in [4.78, 5) is 12.0. The zero-order valence-electron chi connectivity index (χ0n) is 19.1. The summed E-state index contributed by atoms with van der Waals surface area (Å²) >= 11 is 0. The number of unbranched alkanes of at least 4 members (excludes halogenated alkanes) is 3. The van der Waals surface area contributed by atoms with E-state index in [0.717, 1.165) is 24.1 Å². The fourth-order valence-corrected chi connectivity index (χ4v) is 2.41. The summed E-state index contributed by atoms with van der Waals surface area (Å²) in [6.45, 7) is 9.55. The van der Waals surface area contributed by atoms with Crippen molar-refractivity contribution >= 4 is 17.3 Å². The van der Waals surface area contributed by atoms with Crippen LogP contribution in [0.1, 0.15) is 69.6 Å². The van der Waals surface area contributed by atoms with E-state index in [1.54, 1.807) is 18.2 Å². The molecule has 0 aliphatic carbocycles. The number of rotatable bonds is 8. The Bertz CT molecular complexity index is 723. The van der Waals surface area contributed by atoms with Crippen LogP contribution in [0, 0.1) is 12.3 Å². The molecule has 2 aromatic rings. The van der Waals surface area contributed by atoms with Crippen molar-refractivity contribution in [1.82, 2.24) is 5.32 Å². The van der Waals surface area contributed by atoms with E-state index in [9.17, 15) is 4.79 Å². The zero-order valence-corrected chi connectivity index (χ0v) is 19.1. The molecule has 0 radical (unpaired) electrons. The fourth-order valence-electron chi connectivity index (χ4n) is 2.41. The molecule has 0 fully saturated rings. The molecule has 0 atom stereocenters. The summed E-state index contributed by atoms with van der Waals surface area (Å²) in [6, 6.07) is 14.8. The van der Waals surface area contributed by atoms with Crippen LogP contribution in [0.4, 0.5) is 5.69 Å². The summed E-state index contributed by atoms with van der Waals surface area (Å²) in [5.74, 6) is -0.400. The van der Waals surface area contributed by atoms with Crippen LogP contribution < -0.4 is 16.8 Å². The van der Waals surface area contributed by atoms with Gasteiger partial charge in [0.1, 0.15) is 5.71 Å². The number of nitrogens with one attached hydrogen (secondary N) is 2. The minimum absolute atomic E-state index is 0.0641. The van der Waals surface area contributed by atoms with Gasteiger partial charge in [0.15, 0.2) is 0 Å². The molecule has 0 aliphatic heterocycles. The molecule has 0 aliphatic rings. The van der Waals surface area contributed by atoms with Crippen LogP contribution in [0.5, 0.6) is 0 Å². The first kappa shape index (κ1) is 27.3. The Labute approximate surface area is 182 Å². The van der Waals surface area contributed by atoms with Gasteiger partial charge >= 0.3 is 0 Å². The standard InChI is InChI=1S/C16H17N3O.C6H14.C3H9N/c1-11-13(8-5-9-14(11)17)15(18)16(20)19-10-12-6-3-2-4-7-12;1-3-5-6-4-2;1-2-3-4/h2-9,18H,10,17H2,1H3,(H,19,20);3-6H2,1-2H3;2-4H2,1H3. The zero-order chi connectivity index (χ0) is 22.8. The number of hydrogen-bond acceptors (Lipinski definition) is 4. The number of hydrogen-bond donors (Lipinski definition) is 4. The largest absolute Gasteiger partial charge is 0.398 e. The molecule has 0 aromatic heterocycles. The number of carbonyl (C=O) groups excluding carboxylic acids is 1. The van der Waals surface area contributed by atoms with Crippen molar-refractivity contribution in [1.29, 1.82) is 5.41 Å². The van der Waals surface area contributed by atoms with Crippen molar-refractivity contribution in [2.45, 2.75) is 66.3 Å². The summed E-state index contributed by atoms with van der Waals surface area (Å²) < 4.78 is 0. The molecule has 0 heterocycles. The highest BCUT2D eigenvalue weighted by molar-refractivity contribution is 6.44. The Morgan fingerprint density at radius 2 is 1.50 bits per heavy atom. The number of amides is 1. The van der Waals surface area contributed by atoms with Gasteiger partial charge in [-0.05, 0) is 37.1 Å². The second-order valence-electron chi connectivity index (χ2n) is 7.06. The first-order valence-electron chi connectivity index (χ1n) is 10.9. The smallest absolute Gasteiger partial charge is 0.270 e. The summed E-state index contributed by atoms with van der Waals surface area (Å²) in [6.07, 6.45) is 6.63. The third-order valence-electron chi connectivity index (χ3n) is 4.41. The second-order valence-corrected chi connectivity index (χ2v) is 7.06. The van der Waals surface area contributed by atoms with Crippen LogP contribution in [0.15, 0.2) is 48.5 Å². The van der Waals surface area contributed by atoms with Crippen molar-refractivity contribution in [2.75, 3.05) is 12.3 Å². The topological polar surface area (TPSA) is 105 Å². The van der Waals surface area contributed by atoms with Gasteiger partial charge in [0, 0.05) is 17.8 Å². The lowest BCUT2D eigenvalue weighted by Gasteiger charge is -2.10. The number of benzene rings is 2. The third-order valence-corrected chi connectivity index (χ3v) is 4.41. The number of nitrogens with two attached hydrogens (primary N) is 2. The molecule has 0 saturated heterocycles. The van der Waals surface area contributed by atoms with Crippen LogP contribution in [-0.4, -0.2) is 18.2 Å². The van der Waals surface area contributed by atoms with Crippen molar-refractivity contribution in [3.63, 3.8) is 0 Å². The van der Waals surface area contributed by atoms with Crippen molar-refractivity contribution in [2.24, 2.45) is 5.73 Å². The summed E-state index contributed by atoms with van der Waals surface area (Å²) in [7, 11) is 0. The average molecular weight is 413 g/mol. The molecular formula is C25H40N4O. The van der Waals surface area contributed by atoms with Gasteiger partial charge in [-0.3, -0.25) is 10.2 Å². The van der Waals surface area contributed by atoms with Gasteiger partial charge in [-0.2, -0.15) is 0 Å². The Balaban J connectivity index is 0.000000703. The minimum Gasteiger partial charge on any atom is -0.398 e. The minimum atomic E-state index is -0.400. The van der Waals surface area contributed by atoms with Gasteiger partial charge in [0.05, 0.1) is 0 Å². The highest BCUT2D eigenvalue weighted by Crippen LogP contribution is 2.16. The molecule has 30 heavy (non-hydrogen) atoms. The van der Waals surface area contributed by atoms with Crippen LogP contribution in [-0.2, 0) is 11.3 Å². The molecule has 5 nitrogen and oxygen atoms in total. The maximum Gasteiger partial charge on any atom is 0.270 e. The molecule has 1 amide bonds. The quantitative estimate of drug-likeness (QED) is 0.272. The summed E-state index contributed by atoms with van der Waals surface area (Å²) in [5, 5.41) is 10.7. The predicted octanol–water partition coefficient (Wildman–Crippen LogP) is 5.20. The molecular weight excluding hydrogens is 372 g/mol. The molecule has 0 bridgehead atoms. The lowest BCUT2D eigenvalue weighted by molar-refractivity contribution is -0.114. The Kier molecular flexibility index (Phi) is 15.7. The average Bonchev–Trinajstić information content (AvgIpc) is 2.78. The Hall–Kier alpha value is -2.66.